The highest BCUT2D eigenvalue weighted by molar-refractivity contribution is 7.86. The number of hydrogen-bond donors (Lipinski definition) is 4. The second-order valence-electron chi connectivity index (χ2n) is 37.2. The number of Topliss-reactive ketones (excluding diaryl/α,β-unsaturated/α-hetero) is 1. The molecule has 4 aliphatic heterocycles. The average molecular weight is 1860 g/mol. The molecule has 26 heteroatoms. The summed E-state index contributed by atoms with van der Waals surface area (Å²) in [4.78, 5) is 30.3. The van der Waals surface area contributed by atoms with Gasteiger partial charge in [0.05, 0.1) is 80.0 Å². The van der Waals surface area contributed by atoms with Gasteiger partial charge in [0.2, 0.25) is 11.4 Å². The molecule has 0 saturated heterocycles. The molecule has 4 aliphatic rings. The number of benzene rings is 9. The molecule has 0 atom stereocenters. The standard InChI is InChI=1S/C107H126N8O15S3/c1-11-13-25-61-113-90-53-44-78-33-20-23-37-85(78)99(90)104(3,4)95(113)41-17-16-18-42-96-105(5,6)100-86-38-24-21-34-79(86)45-54-91(100)114(96)62-26-14-15-27-65-130-103(117)108-59-66-127-68-70-129-71-69-128-67-64-111-75-82(109-110-111)49-50-83(116)36-22-19-31-76-32-28-35-81(73-76)77(47-57-97-107(9,10)102-89-74-84(132(121,122)123)51-43-80(89)46-55-92(102)112(97)60-12-2)48-58-98-106(7,8)101-88-39-29-40-94(133(124,125)126)87(88)52-56-93(101)115(98)63-30-72-131(118,119)120/h16-18,20-21,23-24,28-29,32-35,37-48,51-58,73-75H,11-15,19,22,25-27,30-31,36,49-50,59-72H2,1-10H3,(H2-2,108,117,118,119,120,121,122,123,124,125,126)/p+2. The lowest BCUT2D eigenvalue weighted by atomic mass is 9.79. The quantitative estimate of drug-likeness (QED) is 0.0119. The number of nitrogens with zero attached hydrogens (tertiary/aromatic N) is 7. The third-order valence-corrected chi connectivity index (χ3v) is 29.0. The number of carbonyl (C=O) groups is 2. The van der Waals surface area contributed by atoms with Crippen LogP contribution in [0, 0.1) is 0 Å². The van der Waals surface area contributed by atoms with Gasteiger partial charge >= 0.3 is 6.09 Å². The lowest BCUT2D eigenvalue weighted by molar-refractivity contribution is -0.438. The highest BCUT2D eigenvalue weighted by atomic mass is 32.2. The molecule has 1 amide bonds. The summed E-state index contributed by atoms with van der Waals surface area (Å²) in [5, 5.41) is 19.0. The van der Waals surface area contributed by atoms with Gasteiger partial charge in [0.15, 0.2) is 11.4 Å². The van der Waals surface area contributed by atoms with E-state index in [-0.39, 0.29) is 39.4 Å². The molecule has 0 spiro atoms. The number of fused-ring (bicyclic) bond motifs is 12. The van der Waals surface area contributed by atoms with Crippen molar-refractivity contribution in [2.45, 2.75) is 204 Å². The molecule has 14 rings (SSSR count). The Kier molecular flexibility index (Phi) is 31.5. The van der Waals surface area contributed by atoms with Gasteiger partial charge in [-0.15, -0.1) is 5.10 Å². The van der Waals surface area contributed by atoms with Crippen LogP contribution in [0.3, 0.4) is 0 Å². The van der Waals surface area contributed by atoms with Crippen molar-refractivity contribution in [3.8, 4) is 0 Å². The van der Waals surface area contributed by atoms with Crippen LogP contribution in [0.2, 0.25) is 0 Å². The van der Waals surface area contributed by atoms with E-state index in [1.807, 2.05) is 61.0 Å². The van der Waals surface area contributed by atoms with E-state index in [1.54, 1.807) is 28.9 Å². The Labute approximate surface area is 784 Å². The molecule has 0 radical (unpaired) electrons. The number of aromatic nitrogens is 3. The first-order valence-corrected chi connectivity index (χ1v) is 51.4. The zero-order valence-electron chi connectivity index (χ0n) is 78.4. The van der Waals surface area contributed by atoms with E-state index in [1.165, 1.54) is 86.5 Å². The first-order chi connectivity index (χ1) is 63.7. The molecule has 23 nitrogen and oxygen atoms in total. The summed E-state index contributed by atoms with van der Waals surface area (Å²) >= 11 is 0. The van der Waals surface area contributed by atoms with E-state index >= 15 is 0 Å². The minimum Gasteiger partial charge on any atom is -0.450 e. The Morgan fingerprint density at radius 2 is 1.08 bits per heavy atom. The predicted octanol–water partition coefficient (Wildman–Crippen LogP) is 21.1. The third-order valence-electron chi connectivity index (χ3n) is 26.4. The Bertz CT molecular complexity index is 6630. The summed E-state index contributed by atoms with van der Waals surface area (Å²) < 4.78 is 134. The van der Waals surface area contributed by atoms with E-state index in [9.17, 15) is 48.5 Å². The lowest BCUT2D eigenvalue weighted by Gasteiger charge is -2.27. The molecule has 0 bridgehead atoms. The van der Waals surface area contributed by atoms with Gasteiger partial charge in [-0.1, -0.05) is 187 Å². The molecule has 0 saturated carbocycles. The number of anilines is 2. The molecule has 702 valence electrons. The molecule has 133 heavy (non-hydrogen) atoms. The van der Waals surface area contributed by atoms with Gasteiger partial charge in [-0.2, -0.15) is 34.4 Å². The topological polar surface area (TPSA) is 289 Å². The molecule has 0 fully saturated rings. The average Bonchev–Trinajstić information content (AvgIpc) is 1.58. The van der Waals surface area contributed by atoms with E-state index in [0.717, 1.165) is 108 Å². The highest BCUT2D eigenvalue weighted by Gasteiger charge is 2.49. The van der Waals surface area contributed by atoms with Crippen LogP contribution in [0.5, 0.6) is 0 Å². The fraction of sp³-hybridized carbons (Fsp3) is 0.402. The van der Waals surface area contributed by atoms with E-state index < -0.39 is 53.0 Å². The van der Waals surface area contributed by atoms with Crippen molar-refractivity contribution in [3.05, 3.63) is 269 Å². The first-order valence-electron chi connectivity index (χ1n) is 46.9. The maximum Gasteiger partial charge on any atom is 0.407 e. The van der Waals surface area contributed by atoms with E-state index in [4.69, 9.17) is 18.9 Å². The molecule has 10 aromatic rings. The summed E-state index contributed by atoms with van der Waals surface area (Å²) in [5.41, 5.74) is 14.6. The van der Waals surface area contributed by atoms with E-state index in [2.05, 4.69) is 219 Å². The minimum atomic E-state index is -4.62. The Hall–Kier alpha value is -10.9. The van der Waals surface area contributed by atoms with Crippen molar-refractivity contribution < 1.29 is 76.6 Å². The molecule has 0 aliphatic carbocycles. The van der Waals surface area contributed by atoms with Crippen molar-refractivity contribution in [2.75, 3.05) is 94.5 Å². The smallest absolute Gasteiger partial charge is 0.407 e. The van der Waals surface area contributed by atoms with Crippen LogP contribution < -0.4 is 15.1 Å². The van der Waals surface area contributed by atoms with Crippen LogP contribution in [-0.2, 0) is 95.1 Å². The largest absolute Gasteiger partial charge is 0.450 e. The summed E-state index contributed by atoms with van der Waals surface area (Å²) in [7, 11) is -13.5. The van der Waals surface area contributed by atoms with Crippen molar-refractivity contribution in [3.63, 3.8) is 0 Å². The van der Waals surface area contributed by atoms with E-state index in [0.29, 0.717) is 126 Å². The third kappa shape index (κ3) is 22.7. The summed E-state index contributed by atoms with van der Waals surface area (Å²) in [6.45, 7) is 28.1. The van der Waals surface area contributed by atoms with Gasteiger partial charge in [-0.3, -0.25) is 18.5 Å². The van der Waals surface area contributed by atoms with Crippen LogP contribution >= 0.6 is 0 Å². The number of ketones is 1. The van der Waals surface area contributed by atoms with Gasteiger partial charge in [0.25, 0.3) is 30.4 Å². The number of unbranched alkanes of at least 4 members (excludes halogenated alkanes) is 6. The predicted molar refractivity (Wildman–Crippen MR) is 532 cm³/mol. The summed E-state index contributed by atoms with van der Waals surface area (Å²) in [5.74, 6) is -0.366. The van der Waals surface area contributed by atoms with Crippen molar-refractivity contribution in [1.82, 2.24) is 20.3 Å². The van der Waals surface area contributed by atoms with Crippen LogP contribution in [0.25, 0.3) is 48.7 Å². The fourth-order valence-corrected chi connectivity index (χ4v) is 21.8. The van der Waals surface area contributed by atoms with Crippen molar-refractivity contribution in [2.24, 2.45) is 0 Å². The second kappa shape index (κ2) is 42.8. The number of alkyl carbamates (subject to hydrolysis) is 1. The maximum atomic E-state index is 13.4. The number of amides is 1. The highest BCUT2D eigenvalue weighted by Crippen LogP contribution is 2.54. The second-order valence-corrected chi connectivity index (χ2v) is 41.6. The van der Waals surface area contributed by atoms with Crippen molar-refractivity contribution >= 4 is 125 Å². The number of rotatable bonds is 46. The first kappa shape index (κ1) is 98.1. The number of aryl methyl sites for hydroxylation is 2. The normalized spacial score (nSPS) is 16.4. The monoisotopic (exact) mass is 1860 g/mol. The lowest BCUT2D eigenvalue weighted by Crippen LogP contribution is -2.28. The molecule has 9 aromatic carbocycles. The Morgan fingerprint density at radius 1 is 0.481 bits per heavy atom. The van der Waals surface area contributed by atoms with Gasteiger partial charge < -0.3 is 34.1 Å². The SMILES string of the molecule is CCCCC[N+]1=C(/C=C/C=C/C=C2/N(CCCCCCOC(=O)NCCOCCOCCOCCn3cc(CCC(=O)CCCCc4cccc(C(=C\C=C5\N(CCC)c6ccc7ccc(S(=O)(=O)O)cc7c6C5(C)C)/C=C/C5=[N+](CCCS(=O)(=O)O)c6ccc7c(S(=O)(=O)O)cccc7c6C5(C)C)c4)nn3)c3ccc4ccccc4c3C2(C)C)C(C)(C)c2c1ccc1ccccc21. The number of hydrogen-bond acceptors (Lipinski definition) is 16. The van der Waals surface area contributed by atoms with Crippen LogP contribution in [-0.4, -0.2) is 171 Å². The number of nitrogens with one attached hydrogen (secondary N) is 1. The Morgan fingerprint density at radius 3 is 1.77 bits per heavy atom. The fourth-order valence-electron chi connectivity index (χ4n) is 20.0. The number of carbonyl (C=O) groups excluding carboxylic acids is 2. The molecular formula is C107H128N8O15S3+2. The zero-order valence-corrected chi connectivity index (χ0v) is 80.8. The molecule has 4 N–H and O–H groups in total. The minimum absolute atomic E-state index is 0.0640. The zero-order chi connectivity index (χ0) is 94.5. The van der Waals surface area contributed by atoms with Gasteiger partial charge in [0, 0.05) is 126 Å². The molecule has 5 heterocycles. The summed E-state index contributed by atoms with van der Waals surface area (Å²) in [6.07, 6.45) is 32.2. The molecule has 0 unspecified atom stereocenters. The van der Waals surface area contributed by atoms with Crippen LogP contribution in [0.4, 0.5) is 27.5 Å². The van der Waals surface area contributed by atoms with Gasteiger partial charge in [-0.05, 0) is 212 Å². The van der Waals surface area contributed by atoms with Gasteiger partial charge in [-0.25, -0.2) is 9.48 Å². The van der Waals surface area contributed by atoms with Crippen LogP contribution in [0.1, 0.15) is 192 Å². The molecule has 1 aromatic heterocycles. The number of ether oxygens (including phenoxy) is 4. The van der Waals surface area contributed by atoms with Crippen molar-refractivity contribution in [1.29, 1.82) is 0 Å². The maximum absolute atomic E-state index is 13.4. The Balaban J connectivity index is 0.501. The number of allylic oxidation sites excluding steroid dienone is 12. The summed E-state index contributed by atoms with van der Waals surface area (Å²) in [6, 6.07) is 51.7. The van der Waals surface area contributed by atoms with Gasteiger partial charge in [0.1, 0.15) is 23.8 Å². The molecular weight excluding hydrogens is 1730 g/mol. The van der Waals surface area contributed by atoms with Crippen LogP contribution in [0.15, 0.2) is 240 Å².